The highest BCUT2D eigenvalue weighted by atomic mass is 35.5. The molecule has 0 bridgehead atoms. The Kier molecular flexibility index (Phi) is 6.46. The Morgan fingerprint density at radius 3 is 2.44 bits per heavy atom. The van der Waals surface area contributed by atoms with Crippen molar-refractivity contribution in [1.29, 1.82) is 10.8 Å². The zero-order chi connectivity index (χ0) is 20.4. The Balaban J connectivity index is 2.20. The van der Waals surface area contributed by atoms with Crippen LogP contribution in [0.5, 0.6) is 0 Å². The fourth-order valence-electron chi connectivity index (χ4n) is 2.90. The summed E-state index contributed by atoms with van der Waals surface area (Å²) in [5.41, 5.74) is 0.146. The Bertz CT molecular complexity index is 717. The van der Waals surface area contributed by atoms with Gasteiger partial charge in [0.05, 0.1) is 25.0 Å². The van der Waals surface area contributed by atoms with Crippen molar-refractivity contribution in [1.82, 2.24) is 9.80 Å². The van der Waals surface area contributed by atoms with Gasteiger partial charge in [0.15, 0.2) is 0 Å². The molecule has 2 atom stereocenters. The van der Waals surface area contributed by atoms with Crippen LogP contribution in [-0.4, -0.2) is 51.9 Å². The van der Waals surface area contributed by atoms with Crippen molar-refractivity contribution >= 4 is 29.4 Å². The summed E-state index contributed by atoms with van der Waals surface area (Å²) in [5, 5.41) is 17.2. The predicted molar refractivity (Wildman–Crippen MR) is 104 cm³/mol. The number of hydrogen-bond acceptors (Lipinski definition) is 4. The molecule has 0 saturated carbocycles. The lowest BCUT2D eigenvalue weighted by molar-refractivity contribution is 0.0251. The number of nitrogens with zero attached hydrogens (tertiary/aromatic N) is 2. The number of amidine groups is 2. The molecule has 2 N–H and O–H groups in total. The zero-order valence-electron chi connectivity index (χ0n) is 16.1. The van der Waals surface area contributed by atoms with Gasteiger partial charge in [-0.1, -0.05) is 23.7 Å². The van der Waals surface area contributed by atoms with Gasteiger partial charge in [-0.3, -0.25) is 15.7 Å². The van der Waals surface area contributed by atoms with Gasteiger partial charge in [0, 0.05) is 11.4 Å². The normalized spacial score (nSPS) is 19.7. The molecule has 1 aliphatic rings. The molecule has 0 aliphatic carbocycles. The molecule has 6 nitrogen and oxygen atoms in total. The first-order chi connectivity index (χ1) is 12.5. The van der Waals surface area contributed by atoms with Gasteiger partial charge in [0.2, 0.25) is 0 Å². The van der Waals surface area contributed by atoms with Crippen LogP contribution in [0.3, 0.4) is 0 Å². The van der Waals surface area contributed by atoms with Crippen molar-refractivity contribution in [2.24, 2.45) is 0 Å². The minimum absolute atomic E-state index is 0.00320. The molecular weight excluding hydrogens is 371 g/mol. The molecular formula is C19H26ClFN4O2. The van der Waals surface area contributed by atoms with E-state index in [-0.39, 0.29) is 31.2 Å². The third-order valence-electron chi connectivity index (χ3n) is 4.14. The molecule has 1 aromatic rings. The maximum Gasteiger partial charge on any atom is 0.411 e. The lowest BCUT2D eigenvalue weighted by Crippen LogP contribution is -2.49. The lowest BCUT2D eigenvalue weighted by atomic mass is 10.1. The van der Waals surface area contributed by atoms with E-state index in [2.05, 4.69) is 0 Å². The molecule has 1 aromatic carbocycles. The Labute approximate surface area is 164 Å². The third kappa shape index (κ3) is 5.66. The lowest BCUT2D eigenvalue weighted by Gasteiger charge is -2.33. The van der Waals surface area contributed by atoms with Gasteiger partial charge < -0.3 is 9.64 Å². The molecule has 0 aromatic heterocycles. The number of ether oxygens (including phenoxy) is 1. The fraction of sp³-hybridized carbons (Fsp3) is 0.526. The van der Waals surface area contributed by atoms with Crippen molar-refractivity contribution in [2.75, 3.05) is 6.54 Å². The van der Waals surface area contributed by atoms with E-state index in [0.717, 1.165) is 5.56 Å². The molecule has 1 unspecified atom stereocenters. The highest BCUT2D eigenvalue weighted by Gasteiger charge is 2.41. The van der Waals surface area contributed by atoms with E-state index in [4.69, 9.17) is 27.2 Å². The summed E-state index contributed by atoms with van der Waals surface area (Å²) >= 11 is 5.90. The van der Waals surface area contributed by atoms with Gasteiger partial charge in [-0.25, -0.2) is 9.18 Å². The summed E-state index contributed by atoms with van der Waals surface area (Å²) < 4.78 is 19.4. The molecule has 1 amide bonds. The summed E-state index contributed by atoms with van der Waals surface area (Å²) in [6, 6.07) is 6.31. The standard InChI is InChI=1S/C19H26ClFN4O2/c1-12(22)24(10-13-5-7-14(20)8-6-13)17(23)16-9-15(21)11-25(16)18(26)27-19(2,3)4/h5-8,15-16,22-23H,9-11H2,1-4H3/t15?,16-/m1/s1. The Morgan fingerprint density at radius 1 is 1.33 bits per heavy atom. The van der Waals surface area contributed by atoms with Gasteiger partial charge >= 0.3 is 6.09 Å². The third-order valence-corrected chi connectivity index (χ3v) is 4.40. The highest BCUT2D eigenvalue weighted by Crippen LogP contribution is 2.26. The number of rotatable bonds is 3. The van der Waals surface area contributed by atoms with Crippen molar-refractivity contribution in [2.45, 2.75) is 58.5 Å². The maximum absolute atomic E-state index is 14.1. The van der Waals surface area contributed by atoms with E-state index in [0.29, 0.717) is 5.02 Å². The van der Waals surface area contributed by atoms with E-state index in [1.54, 1.807) is 39.8 Å². The molecule has 0 spiro atoms. The van der Waals surface area contributed by atoms with Gasteiger partial charge in [-0.15, -0.1) is 0 Å². The van der Waals surface area contributed by atoms with Crippen molar-refractivity contribution < 1.29 is 13.9 Å². The molecule has 0 radical (unpaired) electrons. The second-order valence-corrected chi connectivity index (χ2v) is 8.10. The number of alkyl halides is 1. The van der Waals surface area contributed by atoms with Gasteiger partial charge in [0.1, 0.15) is 17.6 Å². The predicted octanol–water partition coefficient (Wildman–Crippen LogP) is 4.46. The summed E-state index contributed by atoms with van der Waals surface area (Å²) in [7, 11) is 0. The number of halogens is 2. The molecule has 1 heterocycles. The second kappa shape index (κ2) is 8.25. The van der Waals surface area contributed by atoms with Crippen molar-refractivity contribution in [3.8, 4) is 0 Å². The second-order valence-electron chi connectivity index (χ2n) is 7.66. The fourth-order valence-corrected chi connectivity index (χ4v) is 3.03. The number of nitrogens with one attached hydrogen (secondary N) is 2. The minimum atomic E-state index is -1.23. The van der Waals surface area contributed by atoms with Crippen LogP contribution in [0.4, 0.5) is 9.18 Å². The molecule has 1 saturated heterocycles. The van der Waals surface area contributed by atoms with Crippen molar-refractivity contribution in [3.63, 3.8) is 0 Å². The summed E-state index contributed by atoms with van der Waals surface area (Å²) in [5.74, 6) is 0.143. The molecule has 27 heavy (non-hydrogen) atoms. The Morgan fingerprint density at radius 2 is 1.93 bits per heavy atom. The van der Waals surface area contributed by atoms with E-state index >= 15 is 0 Å². The minimum Gasteiger partial charge on any atom is -0.444 e. The van der Waals surface area contributed by atoms with Crippen LogP contribution in [0.25, 0.3) is 0 Å². The first kappa shape index (κ1) is 21.2. The van der Waals surface area contributed by atoms with E-state index in [1.165, 1.54) is 9.80 Å². The first-order valence-electron chi connectivity index (χ1n) is 8.77. The molecule has 2 rings (SSSR count). The molecule has 1 fully saturated rings. The molecule has 148 valence electrons. The van der Waals surface area contributed by atoms with Crippen LogP contribution in [0, 0.1) is 10.8 Å². The monoisotopic (exact) mass is 396 g/mol. The average Bonchev–Trinajstić information content (AvgIpc) is 2.94. The Hall–Kier alpha value is -2.15. The number of carbonyl (C=O) groups is 1. The largest absolute Gasteiger partial charge is 0.444 e. The first-order valence-corrected chi connectivity index (χ1v) is 9.15. The summed E-state index contributed by atoms with van der Waals surface area (Å²) in [6.45, 7) is 6.92. The van der Waals surface area contributed by atoms with Crippen LogP contribution in [0.15, 0.2) is 24.3 Å². The summed E-state index contributed by atoms with van der Waals surface area (Å²) in [6.07, 6.45) is -1.86. The molecule has 8 heteroatoms. The van der Waals surface area contributed by atoms with Crippen LogP contribution in [-0.2, 0) is 11.3 Å². The number of likely N-dealkylation sites (tertiary alicyclic amines) is 1. The average molecular weight is 397 g/mol. The SMILES string of the molecule is CC(=N)N(Cc1ccc(Cl)cc1)C(=N)[C@H]1CC(F)CN1C(=O)OC(C)(C)C. The number of amides is 1. The van der Waals surface area contributed by atoms with Gasteiger partial charge in [-0.05, 0) is 45.4 Å². The van der Waals surface area contributed by atoms with Crippen LogP contribution in [0.1, 0.15) is 39.7 Å². The summed E-state index contributed by atoms with van der Waals surface area (Å²) in [4.78, 5) is 15.2. The maximum atomic E-state index is 14.1. The van der Waals surface area contributed by atoms with Gasteiger partial charge in [0.25, 0.3) is 0 Å². The van der Waals surface area contributed by atoms with E-state index < -0.39 is 23.9 Å². The number of hydrogen-bond donors (Lipinski definition) is 2. The van der Waals surface area contributed by atoms with Crippen LogP contribution < -0.4 is 0 Å². The van der Waals surface area contributed by atoms with Crippen LogP contribution >= 0.6 is 11.6 Å². The number of benzene rings is 1. The quantitative estimate of drug-likeness (QED) is 0.584. The van der Waals surface area contributed by atoms with E-state index in [9.17, 15) is 9.18 Å². The zero-order valence-corrected chi connectivity index (χ0v) is 16.8. The topological polar surface area (TPSA) is 80.5 Å². The van der Waals surface area contributed by atoms with Crippen molar-refractivity contribution in [3.05, 3.63) is 34.9 Å². The van der Waals surface area contributed by atoms with Gasteiger partial charge in [-0.2, -0.15) is 0 Å². The smallest absolute Gasteiger partial charge is 0.411 e. The highest BCUT2D eigenvalue weighted by molar-refractivity contribution is 6.30. The molecule has 1 aliphatic heterocycles. The number of carbonyl (C=O) groups excluding carboxylic acids is 1. The van der Waals surface area contributed by atoms with Crippen LogP contribution in [0.2, 0.25) is 5.02 Å². The van der Waals surface area contributed by atoms with E-state index in [1.807, 2.05) is 12.1 Å².